The van der Waals surface area contributed by atoms with Gasteiger partial charge in [-0.15, -0.1) is 11.3 Å². The number of para-hydroxylation sites is 1. The van der Waals surface area contributed by atoms with Gasteiger partial charge in [0, 0.05) is 23.5 Å². The number of thiophene rings is 1. The summed E-state index contributed by atoms with van der Waals surface area (Å²) in [6.07, 6.45) is 0.891. The zero-order chi connectivity index (χ0) is 19.5. The predicted octanol–water partition coefficient (Wildman–Crippen LogP) is 4.05. The van der Waals surface area contributed by atoms with E-state index in [1.165, 1.54) is 4.88 Å². The zero-order valence-corrected chi connectivity index (χ0v) is 16.3. The van der Waals surface area contributed by atoms with Gasteiger partial charge in [0.2, 0.25) is 0 Å². The van der Waals surface area contributed by atoms with E-state index in [9.17, 15) is 8.78 Å². The second-order valence-corrected chi connectivity index (χ2v) is 6.54. The molecule has 0 unspecified atom stereocenters. The van der Waals surface area contributed by atoms with E-state index < -0.39 is 6.61 Å². The molecule has 5 nitrogen and oxygen atoms in total. The summed E-state index contributed by atoms with van der Waals surface area (Å²) in [5, 5.41) is 8.46. The Morgan fingerprint density at radius 3 is 2.70 bits per heavy atom. The molecule has 8 heteroatoms. The van der Waals surface area contributed by atoms with Crippen molar-refractivity contribution in [2.75, 3.05) is 19.7 Å². The fourth-order valence-corrected chi connectivity index (χ4v) is 3.15. The number of ether oxygens (including phenoxy) is 2. The molecule has 0 fully saturated rings. The molecule has 0 amide bonds. The first-order valence-electron chi connectivity index (χ1n) is 8.88. The summed E-state index contributed by atoms with van der Waals surface area (Å²) in [6, 6.07) is 9.17. The number of halogens is 2. The van der Waals surface area contributed by atoms with Gasteiger partial charge in [0.15, 0.2) is 17.5 Å². The number of hydrogen-bond acceptors (Lipinski definition) is 4. The Bertz CT molecular complexity index is 709. The van der Waals surface area contributed by atoms with E-state index in [-0.39, 0.29) is 12.3 Å². The molecule has 148 valence electrons. The molecule has 1 aromatic heterocycles. The summed E-state index contributed by atoms with van der Waals surface area (Å²) in [6.45, 7) is 2.81. The Morgan fingerprint density at radius 1 is 1.19 bits per heavy atom. The van der Waals surface area contributed by atoms with Crippen molar-refractivity contribution in [2.45, 2.75) is 33.4 Å². The molecule has 0 saturated heterocycles. The van der Waals surface area contributed by atoms with Gasteiger partial charge in [0.05, 0.1) is 13.2 Å². The highest BCUT2D eigenvalue weighted by molar-refractivity contribution is 7.09. The van der Waals surface area contributed by atoms with E-state index in [4.69, 9.17) is 4.74 Å². The molecule has 0 saturated carbocycles. The van der Waals surface area contributed by atoms with Crippen LogP contribution in [-0.4, -0.2) is 32.3 Å². The number of rotatable bonds is 10. The van der Waals surface area contributed by atoms with Gasteiger partial charge in [-0.2, -0.15) is 8.78 Å². The van der Waals surface area contributed by atoms with Crippen LogP contribution in [0.1, 0.15) is 24.3 Å². The van der Waals surface area contributed by atoms with Crippen LogP contribution in [0.4, 0.5) is 8.78 Å². The monoisotopic (exact) mass is 397 g/mol. The topological polar surface area (TPSA) is 54.9 Å². The molecular formula is C19H25F2N3O2S. The third-order valence-electron chi connectivity index (χ3n) is 3.56. The first-order valence-corrected chi connectivity index (χ1v) is 9.76. The molecule has 2 aromatic rings. The number of nitrogens with zero attached hydrogens (tertiary/aromatic N) is 1. The number of hydrogen-bond donors (Lipinski definition) is 2. The Hall–Kier alpha value is -2.35. The molecule has 0 atom stereocenters. The second kappa shape index (κ2) is 11.4. The molecule has 0 aliphatic carbocycles. The average molecular weight is 397 g/mol. The van der Waals surface area contributed by atoms with Crippen molar-refractivity contribution in [1.29, 1.82) is 0 Å². The molecular weight excluding hydrogens is 372 g/mol. The fraction of sp³-hybridized carbons (Fsp3) is 0.421. The van der Waals surface area contributed by atoms with Gasteiger partial charge < -0.3 is 20.1 Å². The first-order chi connectivity index (χ1) is 13.1. The van der Waals surface area contributed by atoms with E-state index in [0.29, 0.717) is 30.4 Å². The van der Waals surface area contributed by atoms with E-state index in [0.717, 1.165) is 13.0 Å². The van der Waals surface area contributed by atoms with Gasteiger partial charge in [-0.25, -0.2) is 4.99 Å². The maximum absolute atomic E-state index is 12.8. The third kappa shape index (κ3) is 7.05. The molecule has 0 bridgehead atoms. The van der Waals surface area contributed by atoms with Crippen molar-refractivity contribution in [3.05, 3.63) is 46.2 Å². The van der Waals surface area contributed by atoms with Crippen LogP contribution in [0.5, 0.6) is 11.5 Å². The summed E-state index contributed by atoms with van der Waals surface area (Å²) in [4.78, 5) is 5.78. The summed E-state index contributed by atoms with van der Waals surface area (Å²) in [7, 11) is 0. The second-order valence-electron chi connectivity index (χ2n) is 5.51. The quantitative estimate of drug-likeness (QED) is 0.469. The maximum Gasteiger partial charge on any atom is 0.387 e. The summed E-state index contributed by atoms with van der Waals surface area (Å²) in [5.74, 6) is 0.951. The molecule has 1 heterocycles. The van der Waals surface area contributed by atoms with Crippen LogP contribution in [0, 0.1) is 0 Å². The lowest BCUT2D eigenvalue weighted by Crippen LogP contribution is -2.38. The van der Waals surface area contributed by atoms with Crippen LogP contribution in [-0.2, 0) is 13.0 Å². The van der Waals surface area contributed by atoms with Gasteiger partial charge in [-0.05, 0) is 37.8 Å². The highest BCUT2D eigenvalue weighted by Gasteiger charge is 2.15. The van der Waals surface area contributed by atoms with Crippen molar-refractivity contribution in [2.24, 2.45) is 4.99 Å². The van der Waals surface area contributed by atoms with E-state index in [2.05, 4.69) is 26.4 Å². The minimum atomic E-state index is -2.92. The predicted molar refractivity (Wildman–Crippen MR) is 105 cm³/mol. The summed E-state index contributed by atoms with van der Waals surface area (Å²) in [5.41, 5.74) is 0.539. The van der Waals surface area contributed by atoms with E-state index >= 15 is 0 Å². The van der Waals surface area contributed by atoms with Crippen LogP contribution in [0.3, 0.4) is 0 Å². The lowest BCUT2D eigenvalue weighted by molar-refractivity contribution is -0.0520. The molecule has 2 N–H and O–H groups in total. The van der Waals surface area contributed by atoms with Crippen LogP contribution in [0.15, 0.2) is 40.7 Å². The highest BCUT2D eigenvalue weighted by atomic mass is 32.1. The third-order valence-corrected chi connectivity index (χ3v) is 4.50. The molecule has 0 radical (unpaired) electrons. The molecule has 0 aliphatic rings. The minimum absolute atomic E-state index is 0.0348. The standard InChI is InChI=1S/C19H25F2N3O2S/c1-3-22-19(23-11-10-15-8-6-12-27-15)24-13-14-7-5-9-16(25-4-2)17(14)26-18(20)21/h5-9,12,18H,3-4,10-11,13H2,1-2H3,(H2,22,23,24). The van der Waals surface area contributed by atoms with Gasteiger partial charge in [-0.3, -0.25) is 0 Å². The lowest BCUT2D eigenvalue weighted by Gasteiger charge is -2.15. The van der Waals surface area contributed by atoms with Gasteiger partial charge in [0.1, 0.15) is 0 Å². The van der Waals surface area contributed by atoms with Crippen molar-refractivity contribution in [1.82, 2.24) is 10.6 Å². The molecule has 27 heavy (non-hydrogen) atoms. The Balaban J connectivity index is 2.07. The van der Waals surface area contributed by atoms with Crippen LogP contribution in [0.25, 0.3) is 0 Å². The molecule has 1 aromatic carbocycles. The number of aliphatic imine (C=N–C) groups is 1. The van der Waals surface area contributed by atoms with Crippen molar-refractivity contribution in [3.8, 4) is 11.5 Å². The smallest absolute Gasteiger partial charge is 0.387 e. The average Bonchev–Trinajstić information content (AvgIpc) is 3.15. The number of alkyl halides is 2. The number of benzene rings is 1. The molecule has 0 spiro atoms. The Kier molecular flexibility index (Phi) is 8.83. The Morgan fingerprint density at radius 2 is 2.04 bits per heavy atom. The Labute approximate surface area is 162 Å². The van der Waals surface area contributed by atoms with Crippen molar-refractivity contribution in [3.63, 3.8) is 0 Å². The summed E-state index contributed by atoms with van der Waals surface area (Å²) >= 11 is 1.71. The highest BCUT2D eigenvalue weighted by Crippen LogP contribution is 2.33. The lowest BCUT2D eigenvalue weighted by atomic mass is 10.2. The van der Waals surface area contributed by atoms with Crippen molar-refractivity contribution >= 4 is 17.3 Å². The van der Waals surface area contributed by atoms with Gasteiger partial charge >= 0.3 is 6.61 Å². The van der Waals surface area contributed by atoms with E-state index in [1.807, 2.05) is 18.4 Å². The van der Waals surface area contributed by atoms with Gasteiger partial charge in [-0.1, -0.05) is 18.2 Å². The summed E-state index contributed by atoms with van der Waals surface area (Å²) < 4.78 is 35.7. The fourth-order valence-electron chi connectivity index (χ4n) is 2.44. The maximum atomic E-state index is 12.8. The number of nitrogens with one attached hydrogen (secondary N) is 2. The van der Waals surface area contributed by atoms with Crippen LogP contribution in [0.2, 0.25) is 0 Å². The van der Waals surface area contributed by atoms with Crippen molar-refractivity contribution < 1.29 is 18.3 Å². The molecule has 0 aliphatic heterocycles. The zero-order valence-electron chi connectivity index (χ0n) is 15.5. The first kappa shape index (κ1) is 21.0. The van der Waals surface area contributed by atoms with E-state index in [1.54, 1.807) is 36.5 Å². The SMILES string of the molecule is CCNC(=NCc1cccc(OCC)c1OC(F)F)NCCc1cccs1. The van der Waals surface area contributed by atoms with Crippen LogP contribution >= 0.6 is 11.3 Å². The normalized spacial score (nSPS) is 11.5. The van der Waals surface area contributed by atoms with Gasteiger partial charge in [0.25, 0.3) is 0 Å². The number of guanidine groups is 1. The minimum Gasteiger partial charge on any atom is -0.490 e. The largest absolute Gasteiger partial charge is 0.490 e. The molecule has 2 rings (SSSR count). The van der Waals surface area contributed by atoms with Crippen LogP contribution < -0.4 is 20.1 Å².